The van der Waals surface area contributed by atoms with Crippen LogP contribution in [0.4, 0.5) is 0 Å². The van der Waals surface area contributed by atoms with E-state index in [1.165, 1.54) is 0 Å². The van der Waals surface area contributed by atoms with Gasteiger partial charge >= 0.3 is 0 Å². The minimum atomic E-state index is -0.403. The van der Waals surface area contributed by atoms with Crippen LogP contribution in [0.25, 0.3) is 10.2 Å². The van der Waals surface area contributed by atoms with E-state index in [2.05, 4.69) is 10.1 Å². The molecule has 0 unspecified atom stereocenters. The Morgan fingerprint density at radius 3 is 2.88 bits per heavy atom. The summed E-state index contributed by atoms with van der Waals surface area (Å²) in [4.78, 5) is 19.2. The van der Waals surface area contributed by atoms with Gasteiger partial charge in [0, 0.05) is 31.0 Å². The molecule has 1 aliphatic carbocycles. The number of carbonyl (C=O) groups excluding carboxylic acids is 1. The zero-order valence-corrected chi connectivity index (χ0v) is 15.0. The number of rotatable bonds is 2. The van der Waals surface area contributed by atoms with Crippen molar-refractivity contribution in [2.75, 3.05) is 13.1 Å². The number of aliphatic hydroxyl groups is 1. The van der Waals surface area contributed by atoms with Crippen LogP contribution in [0.2, 0.25) is 0 Å². The van der Waals surface area contributed by atoms with Gasteiger partial charge in [0.2, 0.25) is 0 Å². The van der Waals surface area contributed by atoms with Gasteiger partial charge in [-0.2, -0.15) is 5.10 Å². The molecular weight excluding hydrogens is 348 g/mol. The van der Waals surface area contributed by atoms with Crippen LogP contribution in [0.15, 0.2) is 42.2 Å². The van der Waals surface area contributed by atoms with Crippen molar-refractivity contribution in [3.8, 4) is 0 Å². The number of thiazole rings is 1. The highest BCUT2D eigenvalue weighted by Crippen LogP contribution is 2.41. The van der Waals surface area contributed by atoms with E-state index in [1.807, 2.05) is 40.0 Å². The molecule has 1 amide bonds. The number of likely N-dealkylation sites (tertiary alicyclic amines) is 1. The zero-order valence-electron chi connectivity index (χ0n) is 14.2. The fourth-order valence-electron chi connectivity index (χ4n) is 4.50. The number of amides is 1. The standard InChI is InChI=1S/C19H20N4O2S/c24-17-7-14-10-22(9-13(14)6-16(17)23-5-1-4-21-23)19(25)12-2-3-15-18(8-12)26-11-20-15/h1-5,8,11,13-14,16-17,24H,6-7,9-10H2/t13-,14+,16-,17-/m1/s1. The second-order valence-corrected chi connectivity index (χ2v) is 8.24. The number of aromatic nitrogens is 3. The Morgan fingerprint density at radius 1 is 1.23 bits per heavy atom. The summed E-state index contributed by atoms with van der Waals surface area (Å²) in [6, 6.07) is 7.63. The molecule has 134 valence electrons. The fourth-order valence-corrected chi connectivity index (χ4v) is 5.22. The first-order valence-corrected chi connectivity index (χ1v) is 9.87. The Labute approximate surface area is 155 Å². The molecule has 3 aromatic rings. The van der Waals surface area contributed by atoms with Crippen LogP contribution in [0.5, 0.6) is 0 Å². The molecule has 1 saturated carbocycles. The van der Waals surface area contributed by atoms with Crippen molar-refractivity contribution in [2.45, 2.75) is 25.0 Å². The summed E-state index contributed by atoms with van der Waals surface area (Å²) in [5, 5.41) is 14.9. The maximum absolute atomic E-state index is 13.0. The third kappa shape index (κ3) is 2.62. The molecule has 1 aliphatic heterocycles. The van der Waals surface area contributed by atoms with Crippen LogP contribution < -0.4 is 0 Å². The van der Waals surface area contributed by atoms with Gasteiger partial charge in [0.15, 0.2) is 0 Å². The molecule has 0 spiro atoms. The quantitative estimate of drug-likeness (QED) is 0.755. The molecule has 0 radical (unpaired) electrons. The predicted octanol–water partition coefficient (Wildman–Crippen LogP) is 2.58. The molecule has 2 aromatic heterocycles. The van der Waals surface area contributed by atoms with Crippen molar-refractivity contribution in [3.05, 3.63) is 47.7 Å². The van der Waals surface area contributed by atoms with Gasteiger partial charge in [-0.15, -0.1) is 11.3 Å². The molecule has 6 nitrogen and oxygen atoms in total. The molecule has 1 aromatic carbocycles. The normalized spacial score (nSPS) is 28.4. The maximum atomic E-state index is 13.0. The van der Waals surface area contributed by atoms with E-state index >= 15 is 0 Å². The van der Waals surface area contributed by atoms with Crippen LogP contribution in [0, 0.1) is 11.8 Å². The number of fused-ring (bicyclic) bond motifs is 2. The molecule has 4 atom stereocenters. The van der Waals surface area contributed by atoms with E-state index in [4.69, 9.17) is 0 Å². The van der Waals surface area contributed by atoms with Gasteiger partial charge in [-0.1, -0.05) is 0 Å². The third-order valence-corrected chi connectivity index (χ3v) is 6.63. The first-order valence-electron chi connectivity index (χ1n) is 8.99. The zero-order chi connectivity index (χ0) is 17.7. The van der Waals surface area contributed by atoms with E-state index < -0.39 is 6.10 Å². The van der Waals surface area contributed by atoms with Crippen molar-refractivity contribution >= 4 is 27.5 Å². The lowest BCUT2D eigenvalue weighted by Crippen LogP contribution is -2.36. The number of hydrogen-bond donors (Lipinski definition) is 1. The van der Waals surface area contributed by atoms with Crippen molar-refractivity contribution in [2.24, 2.45) is 11.8 Å². The Morgan fingerprint density at radius 2 is 2.08 bits per heavy atom. The van der Waals surface area contributed by atoms with Crippen molar-refractivity contribution < 1.29 is 9.90 Å². The van der Waals surface area contributed by atoms with Gasteiger partial charge in [0.25, 0.3) is 5.91 Å². The molecule has 1 N–H and O–H groups in total. The van der Waals surface area contributed by atoms with Gasteiger partial charge in [-0.05, 0) is 48.9 Å². The van der Waals surface area contributed by atoms with Gasteiger partial charge in [0.1, 0.15) is 0 Å². The van der Waals surface area contributed by atoms with Crippen LogP contribution in [-0.2, 0) is 0 Å². The highest BCUT2D eigenvalue weighted by molar-refractivity contribution is 7.16. The van der Waals surface area contributed by atoms with E-state index in [1.54, 1.807) is 23.0 Å². The second kappa shape index (κ2) is 6.17. The molecular formula is C19H20N4O2S. The summed E-state index contributed by atoms with van der Waals surface area (Å²) < 4.78 is 2.91. The van der Waals surface area contributed by atoms with Gasteiger partial charge in [0.05, 0.1) is 27.9 Å². The third-order valence-electron chi connectivity index (χ3n) is 5.84. The summed E-state index contributed by atoms with van der Waals surface area (Å²) in [5.41, 5.74) is 3.47. The first-order chi connectivity index (χ1) is 12.7. The van der Waals surface area contributed by atoms with Crippen molar-refractivity contribution in [1.29, 1.82) is 0 Å². The van der Waals surface area contributed by atoms with Crippen LogP contribution in [0.3, 0.4) is 0 Å². The Hall–Kier alpha value is -2.25. The second-order valence-electron chi connectivity index (χ2n) is 7.36. The summed E-state index contributed by atoms with van der Waals surface area (Å²) in [5.74, 6) is 0.872. The average Bonchev–Trinajstić information content (AvgIpc) is 3.38. The van der Waals surface area contributed by atoms with Gasteiger partial charge in [-0.3, -0.25) is 9.48 Å². The molecule has 26 heavy (non-hydrogen) atoms. The Balaban J connectivity index is 1.34. The number of carbonyl (C=O) groups is 1. The Kier molecular flexibility index (Phi) is 3.79. The summed E-state index contributed by atoms with van der Waals surface area (Å²) >= 11 is 1.56. The van der Waals surface area contributed by atoms with Crippen LogP contribution in [-0.4, -0.2) is 49.9 Å². The van der Waals surface area contributed by atoms with Crippen molar-refractivity contribution in [3.63, 3.8) is 0 Å². The number of benzene rings is 1. The predicted molar refractivity (Wildman–Crippen MR) is 99.0 cm³/mol. The smallest absolute Gasteiger partial charge is 0.253 e. The summed E-state index contributed by atoms with van der Waals surface area (Å²) in [7, 11) is 0. The number of aliphatic hydroxyl groups excluding tert-OH is 1. The first kappa shape index (κ1) is 16.0. The minimum Gasteiger partial charge on any atom is -0.391 e. The molecule has 2 fully saturated rings. The average molecular weight is 368 g/mol. The van der Waals surface area contributed by atoms with Gasteiger partial charge < -0.3 is 10.0 Å². The van der Waals surface area contributed by atoms with E-state index in [-0.39, 0.29) is 11.9 Å². The topological polar surface area (TPSA) is 71.2 Å². The fraction of sp³-hybridized carbons (Fsp3) is 0.421. The number of nitrogens with zero attached hydrogens (tertiary/aromatic N) is 4. The minimum absolute atomic E-state index is 0.00912. The highest BCUT2D eigenvalue weighted by atomic mass is 32.1. The van der Waals surface area contributed by atoms with Crippen molar-refractivity contribution in [1.82, 2.24) is 19.7 Å². The molecule has 0 bridgehead atoms. The molecule has 1 saturated heterocycles. The SMILES string of the molecule is O=C(c1ccc2ncsc2c1)N1C[C@H]2C[C@@H](n3cccn3)[C@H](O)C[C@H]2C1. The molecule has 7 heteroatoms. The van der Waals surface area contributed by atoms with Gasteiger partial charge in [-0.25, -0.2) is 4.98 Å². The maximum Gasteiger partial charge on any atom is 0.253 e. The van der Waals surface area contributed by atoms with Crippen LogP contribution >= 0.6 is 11.3 Å². The lowest BCUT2D eigenvalue weighted by molar-refractivity contribution is 0.0306. The van der Waals surface area contributed by atoms with Crippen LogP contribution in [0.1, 0.15) is 29.2 Å². The molecule has 5 rings (SSSR count). The monoisotopic (exact) mass is 368 g/mol. The van der Waals surface area contributed by atoms with E-state index in [0.717, 1.165) is 41.7 Å². The number of hydrogen-bond acceptors (Lipinski definition) is 5. The highest BCUT2D eigenvalue weighted by Gasteiger charge is 2.43. The largest absolute Gasteiger partial charge is 0.391 e. The summed E-state index contributed by atoms with van der Waals surface area (Å²) in [6.07, 6.45) is 4.85. The van der Waals surface area contributed by atoms with E-state index in [0.29, 0.717) is 11.8 Å². The lowest BCUT2D eigenvalue weighted by Gasteiger charge is -2.35. The summed E-state index contributed by atoms with van der Waals surface area (Å²) in [6.45, 7) is 1.49. The lowest BCUT2D eigenvalue weighted by atomic mass is 9.77. The molecule has 3 heterocycles. The molecule has 2 aliphatic rings. The Bertz CT molecular complexity index is 938. The van der Waals surface area contributed by atoms with E-state index in [9.17, 15) is 9.90 Å².